The van der Waals surface area contributed by atoms with Crippen LogP contribution in [0.25, 0.3) is 0 Å². The van der Waals surface area contributed by atoms with Crippen molar-refractivity contribution in [2.24, 2.45) is 0 Å². The molecule has 1 aromatic heterocycles. The molecule has 2 heterocycles. The van der Waals surface area contributed by atoms with Crippen LogP contribution in [0.2, 0.25) is 0 Å². The Labute approximate surface area is 228 Å². The Bertz CT molecular complexity index is 1450. The molecule has 4 rings (SSSR count). The maximum Gasteiger partial charge on any atom is 0.338 e. The maximum atomic E-state index is 13.2. The van der Waals surface area contributed by atoms with Crippen LogP contribution >= 0.6 is 11.8 Å². The maximum absolute atomic E-state index is 13.2. The summed E-state index contributed by atoms with van der Waals surface area (Å²) >= 11 is 1.10. The van der Waals surface area contributed by atoms with Crippen molar-refractivity contribution in [3.05, 3.63) is 88.9 Å². The number of aryl methyl sites for hydroxylation is 1. The lowest BCUT2D eigenvalue weighted by Crippen LogP contribution is -2.31. The van der Waals surface area contributed by atoms with Crippen LogP contribution in [0.4, 0.5) is 10.1 Å². The molecule has 0 spiro atoms. The van der Waals surface area contributed by atoms with Crippen LogP contribution < -0.4 is 4.90 Å². The molecular formula is C29H24FN3O5S. The number of hydrogen-bond acceptors (Lipinski definition) is 8. The average molecular weight is 546 g/mol. The van der Waals surface area contributed by atoms with Gasteiger partial charge in [0, 0.05) is 17.7 Å². The third kappa shape index (κ3) is 6.56. The number of nitriles is 1. The topological polar surface area (TPSA) is 117 Å². The first-order valence-corrected chi connectivity index (χ1v) is 13.2. The van der Waals surface area contributed by atoms with Gasteiger partial charge in [-0.25, -0.2) is 19.1 Å². The number of rotatable bonds is 10. The van der Waals surface area contributed by atoms with E-state index in [-0.39, 0.29) is 23.2 Å². The predicted molar refractivity (Wildman–Crippen MR) is 142 cm³/mol. The summed E-state index contributed by atoms with van der Waals surface area (Å²) in [4.78, 5) is 56.0. The highest BCUT2D eigenvalue weighted by Crippen LogP contribution is 2.35. The fourth-order valence-electron chi connectivity index (χ4n) is 3.93. The van der Waals surface area contributed by atoms with Gasteiger partial charge in [0.25, 0.3) is 0 Å². The molecule has 3 aromatic rings. The summed E-state index contributed by atoms with van der Waals surface area (Å²) in [5.74, 6) is -2.57. The second-order valence-electron chi connectivity index (χ2n) is 8.80. The molecule has 1 aliphatic heterocycles. The number of hydrogen-bond donors (Lipinski definition) is 0. The number of amides is 2. The first-order chi connectivity index (χ1) is 18.8. The summed E-state index contributed by atoms with van der Waals surface area (Å²) < 4.78 is 18.1. The zero-order valence-electron chi connectivity index (χ0n) is 21.1. The summed E-state index contributed by atoms with van der Waals surface area (Å²) in [6.07, 6.45) is 2.66. The number of Topliss-reactive ketones (excluding diaryl/α,β-unsaturated/α-hetero) is 1. The standard InChI is InChI=1S/C29H24FN3O5S/c1-2-3-4-22-12-7-20(16-31)27(32-22)39-25-15-26(35)33(28(25)36)23-13-8-19(9-14-23)29(37)38-17-24(34)18-5-10-21(30)11-6-18/h5-14,25H,2-4,15,17H2,1H3. The number of ketones is 1. The number of unbranched alkanes of at least 4 members (excludes halogenated alkanes) is 1. The van der Waals surface area contributed by atoms with Crippen molar-refractivity contribution in [1.82, 2.24) is 4.98 Å². The Hall–Kier alpha value is -4.36. The van der Waals surface area contributed by atoms with Crippen molar-refractivity contribution in [3.8, 4) is 6.07 Å². The van der Waals surface area contributed by atoms with Crippen molar-refractivity contribution in [2.75, 3.05) is 11.5 Å². The molecule has 1 aliphatic rings. The third-order valence-corrected chi connectivity index (χ3v) is 7.23. The summed E-state index contributed by atoms with van der Waals surface area (Å²) in [6, 6.07) is 16.2. The van der Waals surface area contributed by atoms with Gasteiger partial charge in [0.15, 0.2) is 12.4 Å². The predicted octanol–water partition coefficient (Wildman–Crippen LogP) is 4.90. The van der Waals surface area contributed by atoms with Crippen molar-refractivity contribution < 1.29 is 28.3 Å². The van der Waals surface area contributed by atoms with Gasteiger partial charge in [-0.1, -0.05) is 25.1 Å². The number of esters is 1. The Morgan fingerprint density at radius 1 is 1.08 bits per heavy atom. The minimum absolute atomic E-state index is 0.0511. The van der Waals surface area contributed by atoms with E-state index in [0.717, 1.165) is 53.8 Å². The summed E-state index contributed by atoms with van der Waals surface area (Å²) in [7, 11) is 0. The number of ether oxygens (including phenoxy) is 1. The van der Waals surface area contributed by atoms with Gasteiger partial charge < -0.3 is 4.74 Å². The minimum atomic E-state index is -0.761. The van der Waals surface area contributed by atoms with Crippen molar-refractivity contribution in [1.29, 1.82) is 5.26 Å². The molecule has 0 saturated carbocycles. The number of benzene rings is 2. The van der Waals surface area contributed by atoms with Gasteiger partial charge in [-0.15, -0.1) is 0 Å². The summed E-state index contributed by atoms with van der Waals surface area (Å²) in [5, 5.41) is 9.17. The van der Waals surface area contributed by atoms with E-state index in [1.54, 1.807) is 12.1 Å². The highest BCUT2D eigenvalue weighted by atomic mass is 32.2. The molecule has 0 bridgehead atoms. The van der Waals surface area contributed by atoms with Crippen LogP contribution in [0.5, 0.6) is 0 Å². The van der Waals surface area contributed by atoms with E-state index < -0.39 is 41.2 Å². The van der Waals surface area contributed by atoms with Gasteiger partial charge in [-0.05, 0) is 73.5 Å². The first-order valence-electron chi connectivity index (χ1n) is 12.3. The van der Waals surface area contributed by atoms with Crippen molar-refractivity contribution in [2.45, 2.75) is 42.9 Å². The van der Waals surface area contributed by atoms with E-state index >= 15 is 0 Å². The van der Waals surface area contributed by atoms with Gasteiger partial charge >= 0.3 is 5.97 Å². The van der Waals surface area contributed by atoms with E-state index in [1.165, 1.54) is 36.4 Å². The number of imide groups is 1. The molecule has 39 heavy (non-hydrogen) atoms. The fraction of sp³-hybridized carbons (Fsp3) is 0.241. The van der Waals surface area contributed by atoms with Crippen LogP contribution in [0.3, 0.4) is 0 Å². The van der Waals surface area contributed by atoms with Gasteiger partial charge in [0.1, 0.15) is 16.9 Å². The summed E-state index contributed by atoms with van der Waals surface area (Å²) in [5.41, 5.74) is 1.80. The fourth-order valence-corrected chi connectivity index (χ4v) is 5.05. The Kier molecular flexibility index (Phi) is 8.84. The monoisotopic (exact) mass is 545 g/mol. The SMILES string of the molecule is CCCCc1ccc(C#N)c(SC2CC(=O)N(c3ccc(C(=O)OCC(=O)c4ccc(F)cc4)cc3)C2=O)n1. The largest absolute Gasteiger partial charge is 0.454 e. The summed E-state index contributed by atoms with van der Waals surface area (Å²) in [6.45, 7) is 1.55. The van der Waals surface area contributed by atoms with E-state index in [4.69, 9.17) is 4.74 Å². The molecule has 1 fully saturated rings. The first kappa shape index (κ1) is 27.7. The van der Waals surface area contributed by atoms with E-state index in [2.05, 4.69) is 18.0 Å². The molecule has 1 atom stereocenters. The molecule has 0 aliphatic carbocycles. The van der Waals surface area contributed by atoms with Gasteiger partial charge in [0.05, 0.1) is 22.1 Å². The third-order valence-electron chi connectivity index (χ3n) is 6.05. The number of carbonyl (C=O) groups excluding carboxylic acids is 4. The zero-order valence-corrected chi connectivity index (χ0v) is 21.9. The lowest BCUT2D eigenvalue weighted by molar-refractivity contribution is -0.121. The molecule has 0 N–H and O–H groups in total. The number of pyridine rings is 1. The lowest BCUT2D eigenvalue weighted by Gasteiger charge is -2.15. The Morgan fingerprint density at radius 2 is 1.77 bits per heavy atom. The van der Waals surface area contributed by atoms with E-state index in [0.29, 0.717) is 10.6 Å². The van der Waals surface area contributed by atoms with E-state index in [1.807, 2.05) is 0 Å². The van der Waals surface area contributed by atoms with Crippen LogP contribution in [0, 0.1) is 17.1 Å². The smallest absolute Gasteiger partial charge is 0.338 e. The number of anilines is 1. The highest BCUT2D eigenvalue weighted by molar-refractivity contribution is 8.00. The number of halogens is 1. The Morgan fingerprint density at radius 3 is 2.44 bits per heavy atom. The van der Waals surface area contributed by atoms with Crippen LogP contribution in [-0.4, -0.2) is 40.4 Å². The van der Waals surface area contributed by atoms with Crippen LogP contribution in [-0.2, 0) is 20.7 Å². The number of nitrogens with zero attached hydrogens (tertiary/aromatic N) is 3. The van der Waals surface area contributed by atoms with Crippen LogP contribution in [0.1, 0.15) is 58.2 Å². The molecule has 198 valence electrons. The molecule has 10 heteroatoms. The van der Waals surface area contributed by atoms with E-state index in [9.17, 15) is 28.8 Å². The number of thioether (sulfide) groups is 1. The second kappa shape index (κ2) is 12.5. The number of aromatic nitrogens is 1. The highest BCUT2D eigenvalue weighted by Gasteiger charge is 2.40. The number of carbonyl (C=O) groups is 4. The molecular weight excluding hydrogens is 521 g/mol. The van der Waals surface area contributed by atoms with Crippen LogP contribution in [0.15, 0.2) is 65.7 Å². The van der Waals surface area contributed by atoms with Gasteiger partial charge in [-0.2, -0.15) is 5.26 Å². The van der Waals surface area contributed by atoms with Gasteiger partial charge in [0.2, 0.25) is 11.8 Å². The lowest BCUT2D eigenvalue weighted by atomic mass is 10.1. The molecule has 1 saturated heterocycles. The molecule has 0 radical (unpaired) electrons. The second-order valence-corrected chi connectivity index (χ2v) is 9.99. The van der Waals surface area contributed by atoms with Crippen molar-refractivity contribution in [3.63, 3.8) is 0 Å². The molecule has 1 unspecified atom stereocenters. The normalized spacial score (nSPS) is 14.8. The average Bonchev–Trinajstić information content (AvgIpc) is 3.22. The quantitative estimate of drug-likeness (QED) is 0.201. The van der Waals surface area contributed by atoms with Gasteiger partial charge in [-0.3, -0.25) is 14.4 Å². The zero-order chi connectivity index (χ0) is 27.9. The Balaban J connectivity index is 1.40. The minimum Gasteiger partial charge on any atom is -0.454 e. The molecule has 2 aromatic carbocycles. The molecule has 2 amide bonds. The molecule has 8 nitrogen and oxygen atoms in total. The van der Waals surface area contributed by atoms with Crippen molar-refractivity contribution >= 4 is 41.0 Å².